The summed E-state index contributed by atoms with van der Waals surface area (Å²) in [5.41, 5.74) is 0.571. The number of likely N-dealkylation sites (N-methyl/N-ethyl adjacent to an activating group) is 1. The molecule has 3 rings (SSSR count). The summed E-state index contributed by atoms with van der Waals surface area (Å²) in [6, 6.07) is 9.82. The smallest absolute Gasteiger partial charge is 0.265 e. The number of amides is 1. The van der Waals surface area contributed by atoms with Crippen LogP contribution in [0.4, 0.5) is 5.69 Å². The van der Waals surface area contributed by atoms with Gasteiger partial charge in [-0.15, -0.1) is 0 Å². The molecule has 0 fully saturated rings. The van der Waals surface area contributed by atoms with Crippen molar-refractivity contribution in [2.45, 2.75) is 24.8 Å². The van der Waals surface area contributed by atoms with E-state index in [1.807, 2.05) is 12.1 Å². The Labute approximate surface area is 123 Å². The number of anilines is 1. The highest BCUT2D eigenvalue weighted by molar-refractivity contribution is 7.93. The molecule has 0 saturated carbocycles. The molecule has 1 amide bonds. The van der Waals surface area contributed by atoms with Gasteiger partial charge in [0.2, 0.25) is 5.91 Å². The number of rotatable bonds is 3. The molecule has 1 aliphatic rings. The summed E-state index contributed by atoms with van der Waals surface area (Å²) in [5, 5.41) is 4.22. The molecule has 1 aliphatic heterocycles. The molecule has 0 aromatic heterocycles. The molecule has 0 saturated heterocycles. The predicted octanol–water partition coefficient (Wildman–Crippen LogP) is 1.87. The van der Waals surface area contributed by atoms with E-state index in [4.69, 9.17) is 0 Å². The van der Waals surface area contributed by atoms with Crippen molar-refractivity contribution in [3.8, 4) is 0 Å². The van der Waals surface area contributed by atoms with Crippen molar-refractivity contribution < 1.29 is 13.2 Å². The Morgan fingerprint density at radius 2 is 1.90 bits per heavy atom. The second kappa shape index (κ2) is 4.73. The van der Waals surface area contributed by atoms with E-state index in [1.54, 1.807) is 38.1 Å². The highest BCUT2D eigenvalue weighted by atomic mass is 32.2. The van der Waals surface area contributed by atoms with E-state index < -0.39 is 16.1 Å². The van der Waals surface area contributed by atoms with Crippen molar-refractivity contribution in [2.75, 3.05) is 10.8 Å². The van der Waals surface area contributed by atoms with E-state index in [1.165, 1.54) is 4.31 Å². The zero-order valence-electron chi connectivity index (χ0n) is 11.8. The van der Waals surface area contributed by atoms with Crippen molar-refractivity contribution >= 4 is 32.4 Å². The van der Waals surface area contributed by atoms with Gasteiger partial charge in [-0.2, -0.15) is 0 Å². The summed E-state index contributed by atoms with van der Waals surface area (Å²) < 4.78 is 26.7. The van der Waals surface area contributed by atoms with E-state index in [9.17, 15) is 13.2 Å². The number of sulfonamides is 1. The largest absolute Gasteiger partial charge is 0.355 e. The van der Waals surface area contributed by atoms with Gasteiger partial charge in [-0.1, -0.05) is 24.3 Å². The van der Waals surface area contributed by atoms with Crippen LogP contribution in [0.2, 0.25) is 0 Å². The Bertz CT molecular complexity index is 825. The van der Waals surface area contributed by atoms with Gasteiger partial charge < -0.3 is 5.32 Å². The Kier molecular flexibility index (Phi) is 3.13. The minimum Gasteiger partial charge on any atom is -0.355 e. The molecule has 1 heterocycles. The Balaban J connectivity index is 2.22. The molecule has 110 valence electrons. The average molecular weight is 304 g/mol. The van der Waals surface area contributed by atoms with Crippen LogP contribution in [-0.4, -0.2) is 26.9 Å². The van der Waals surface area contributed by atoms with Crippen LogP contribution in [-0.2, 0) is 14.8 Å². The number of hydrogen-bond donors (Lipinski definition) is 1. The fourth-order valence-corrected chi connectivity index (χ4v) is 4.63. The Hall–Kier alpha value is -2.08. The van der Waals surface area contributed by atoms with Crippen molar-refractivity contribution in [3.63, 3.8) is 0 Å². The van der Waals surface area contributed by atoms with Gasteiger partial charge in [-0.3, -0.25) is 9.10 Å². The maximum atomic E-state index is 12.8. The van der Waals surface area contributed by atoms with Crippen LogP contribution in [0.5, 0.6) is 0 Å². The molecule has 2 aromatic carbocycles. The van der Waals surface area contributed by atoms with Crippen LogP contribution in [0.3, 0.4) is 0 Å². The summed E-state index contributed by atoms with van der Waals surface area (Å²) in [6.07, 6.45) is 0. The number of hydrogen-bond acceptors (Lipinski definition) is 3. The summed E-state index contributed by atoms with van der Waals surface area (Å²) in [5.74, 6) is -0.300. The lowest BCUT2D eigenvalue weighted by molar-refractivity contribution is -0.121. The van der Waals surface area contributed by atoms with E-state index in [-0.39, 0.29) is 10.8 Å². The van der Waals surface area contributed by atoms with E-state index in [0.29, 0.717) is 17.6 Å². The van der Waals surface area contributed by atoms with Gasteiger partial charge in [0.1, 0.15) is 6.04 Å². The molecule has 0 radical (unpaired) electrons. The summed E-state index contributed by atoms with van der Waals surface area (Å²) in [6.45, 7) is 3.88. The second-order valence-electron chi connectivity index (χ2n) is 5.00. The standard InChI is InChI=1S/C15H16N2O3S/c1-3-16-15(18)10(2)17-12-8-4-6-11-7-5-9-13(14(11)12)21(17,19)20/h4-10H,3H2,1-2H3,(H,16,18)/t10-/m0/s1. The Morgan fingerprint density at radius 1 is 1.24 bits per heavy atom. The van der Waals surface area contributed by atoms with Gasteiger partial charge in [-0.25, -0.2) is 8.42 Å². The van der Waals surface area contributed by atoms with Gasteiger partial charge in [0.15, 0.2) is 0 Å². The third-order valence-corrected chi connectivity index (χ3v) is 5.63. The van der Waals surface area contributed by atoms with Gasteiger partial charge >= 0.3 is 0 Å². The van der Waals surface area contributed by atoms with Gasteiger partial charge in [0.25, 0.3) is 10.0 Å². The molecular formula is C15H16N2O3S. The maximum Gasteiger partial charge on any atom is 0.265 e. The van der Waals surface area contributed by atoms with Crippen molar-refractivity contribution in [1.82, 2.24) is 5.32 Å². The minimum atomic E-state index is -3.69. The third kappa shape index (κ3) is 1.90. The normalized spacial score (nSPS) is 17.0. The molecule has 0 aliphatic carbocycles. The molecule has 0 spiro atoms. The molecule has 1 atom stereocenters. The topological polar surface area (TPSA) is 66.5 Å². The van der Waals surface area contributed by atoms with Crippen molar-refractivity contribution in [1.29, 1.82) is 0 Å². The van der Waals surface area contributed by atoms with E-state index in [0.717, 1.165) is 5.39 Å². The van der Waals surface area contributed by atoms with Crippen LogP contribution in [0.1, 0.15) is 13.8 Å². The molecular weight excluding hydrogens is 288 g/mol. The number of carbonyl (C=O) groups is 1. The summed E-state index contributed by atoms with van der Waals surface area (Å²) >= 11 is 0. The van der Waals surface area contributed by atoms with Gasteiger partial charge in [-0.05, 0) is 31.4 Å². The van der Waals surface area contributed by atoms with Crippen molar-refractivity contribution in [3.05, 3.63) is 36.4 Å². The summed E-state index contributed by atoms with van der Waals surface area (Å²) in [4.78, 5) is 12.3. The molecule has 2 aromatic rings. The summed E-state index contributed by atoms with van der Waals surface area (Å²) in [7, 11) is -3.69. The zero-order valence-corrected chi connectivity index (χ0v) is 12.6. The second-order valence-corrected chi connectivity index (χ2v) is 6.79. The number of benzene rings is 2. The monoisotopic (exact) mass is 304 g/mol. The van der Waals surface area contributed by atoms with Crippen LogP contribution >= 0.6 is 0 Å². The molecule has 1 N–H and O–H groups in total. The van der Waals surface area contributed by atoms with Gasteiger partial charge in [0.05, 0.1) is 10.6 Å². The molecule has 0 bridgehead atoms. The third-order valence-electron chi connectivity index (χ3n) is 3.70. The predicted molar refractivity (Wildman–Crippen MR) is 81.8 cm³/mol. The van der Waals surface area contributed by atoms with Crippen LogP contribution in [0.25, 0.3) is 10.8 Å². The highest BCUT2D eigenvalue weighted by Crippen LogP contribution is 2.42. The number of nitrogens with one attached hydrogen (secondary N) is 1. The number of carbonyl (C=O) groups excluding carboxylic acids is 1. The lowest BCUT2D eigenvalue weighted by Crippen LogP contribution is -2.46. The zero-order chi connectivity index (χ0) is 15.2. The quantitative estimate of drug-likeness (QED) is 0.941. The first-order chi connectivity index (χ1) is 9.98. The SMILES string of the molecule is CCNC(=O)[C@H](C)N1c2cccc3cccc(c23)S1(=O)=O. The first-order valence-electron chi connectivity index (χ1n) is 6.82. The van der Waals surface area contributed by atoms with E-state index in [2.05, 4.69) is 5.32 Å². The molecule has 0 unspecified atom stereocenters. The molecule has 5 nitrogen and oxygen atoms in total. The van der Waals surface area contributed by atoms with E-state index >= 15 is 0 Å². The highest BCUT2D eigenvalue weighted by Gasteiger charge is 2.40. The first kappa shape index (κ1) is 13.9. The van der Waals surface area contributed by atoms with Crippen molar-refractivity contribution in [2.24, 2.45) is 0 Å². The maximum absolute atomic E-state index is 12.8. The van der Waals surface area contributed by atoms with Crippen LogP contribution < -0.4 is 9.62 Å². The van der Waals surface area contributed by atoms with Crippen LogP contribution in [0.15, 0.2) is 41.3 Å². The fraction of sp³-hybridized carbons (Fsp3) is 0.267. The minimum absolute atomic E-state index is 0.270. The van der Waals surface area contributed by atoms with Crippen LogP contribution in [0, 0.1) is 0 Å². The molecule has 21 heavy (non-hydrogen) atoms. The number of nitrogens with zero attached hydrogens (tertiary/aromatic N) is 1. The lowest BCUT2D eigenvalue weighted by atomic mass is 10.1. The van der Waals surface area contributed by atoms with Gasteiger partial charge in [0, 0.05) is 11.9 Å². The fourth-order valence-electron chi connectivity index (χ4n) is 2.77. The average Bonchev–Trinajstić information content (AvgIpc) is 2.69. The molecule has 6 heteroatoms. The lowest BCUT2D eigenvalue weighted by Gasteiger charge is -2.25. The first-order valence-corrected chi connectivity index (χ1v) is 8.26. The Morgan fingerprint density at radius 3 is 2.57 bits per heavy atom.